The topological polar surface area (TPSA) is 50.1 Å². The number of hydrogen-bond donors (Lipinski definition) is 0. The molecule has 1 unspecified atom stereocenters. The average Bonchev–Trinajstić information content (AvgIpc) is 3.29. The summed E-state index contributed by atoms with van der Waals surface area (Å²) in [6, 6.07) is 6.51. The van der Waals surface area contributed by atoms with Crippen molar-refractivity contribution in [1.82, 2.24) is 30.0 Å². The first-order chi connectivity index (χ1) is 12.3. The van der Waals surface area contributed by atoms with E-state index in [9.17, 15) is 13.2 Å². The van der Waals surface area contributed by atoms with E-state index in [1.54, 1.807) is 0 Å². The Morgan fingerprint density at radius 2 is 1.85 bits per heavy atom. The summed E-state index contributed by atoms with van der Waals surface area (Å²) < 4.78 is 39.7. The minimum Gasteiger partial charge on any atom is -0.295 e. The number of fused-ring (bicyclic) bond motifs is 2. The Kier molecular flexibility index (Phi) is 4.23. The van der Waals surface area contributed by atoms with Crippen LogP contribution in [0.2, 0.25) is 0 Å². The molecule has 0 aliphatic carbocycles. The van der Waals surface area contributed by atoms with Crippen molar-refractivity contribution in [3.63, 3.8) is 0 Å². The van der Waals surface area contributed by atoms with Crippen LogP contribution < -0.4 is 0 Å². The summed E-state index contributed by atoms with van der Waals surface area (Å²) in [6.07, 6.45) is -3.20. The highest BCUT2D eigenvalue weighted by atomic mass is 19.4. The van der Waals surface area contributed by atoms with Crippen LogP contribution in [0.1, 0.15) is 31.7 Å². The fourth-order valence-electron chi connectivity index (χ4n) is 4.08. The predicted octanol–water partition coefficient (Wildman–Crippen LogP) is 2.35. The van der Waals surface area contributed by atoms with Crippen molar-refractivity contribution >= 4 is 0 Å². The maximum absolute atomic E-state index is 12.7. The summed E-state index contributed by atoms with van der Waals surface area (Å²) in [4.78, 5) is 4.90. The maximum atomic E-state index is 12.7. The molecule has 26 heavy (non-hydrogen) atoms. The van der Waals surface area contributed by atoms with Gasteiger partial charge in [0.1, 0.15) is 0 Å². The molecular weight excluding hydrogens is 345 g/mol. The van der Waals surface area contributed by atoms with Gasteiger partial charge in [0.2, 0.25) is 0 Å². The first-order valence-corrected chi connectivity index (χ1v) is 8.77. The predicted molar refractivity (Wildman–Crippen MR) is 88.6 cm³/mol. The summed E-state index contributed by atoms with van der Waals surface area (Å²) in [7, 11) is 0. The van der Waals surface area contributed by atoms with Crippen LogP contribution in [0.5, 0.6) is 0 Å². The number of rotatable bonds is 4. The smallest absolute Gasteiger partial charge is 0.295 e. The highest BCUT2D eigenvalue weighted by Gasteiger charge is 2.44. The second-order valence-corrected chi connectivity index (χ2v) is 7.31. The molecule has 2 aromatic rings. The summed E-state index contributed by atoms with van der Waals surface area (Å²) in [6.45, 7) is 7.06. The van der Waals surface area contributed by atoms with Gasteiger partial charge in [-0.25, -0.2) is 0 Å². The van der Waals surface area contributed by atoms with Gasteiger partial charge in [0.25, 0.3) is 0 Å². The molecule has 2 bridgehead atoms. The highest BCUT2D eigenvalue weighted by Crippen LogP contribution is 2.33. The van der Waals surface area contributed by atoms with Gasteiger partial charge in [0.05, 0.1) is 17.8 Å². The van der Waals surface area contributed by atoms with Crippen LogP contribution in [0.4, 0.5) is 13.2 Å². The summed E-state index contributed by atoms with van der Waals surface area (Å²) in [5, 5.41) is 11.8. The van der Waals surface area contributed by atoms with Crippen LogP contribution in [0.15, 0.2) is 24.3 Å². The zero-order chi connectivity index (χ0) is 18.5. The van der Waals surface area contributed by atoms with Crippen molar-refractivity contribution in [1.29, 1.82) is 0 Å². The Labute approximate surface area is 149 Å². The third-order valence-electron chi connectivity index (χ3n) is 5.38. The molecule has 0 amide bonds. The molecule has 0 N–H and O–H groups in total. The first-order valence-electron chi connectivity index (χ1n) is 8.77. The molecule has 140 valence electrons. The van der Waals surface area contributed by atoms with Crippen LogP contribution in [0.25, 0.3) is 5.69 Å². The molecule has 2 aliphatic rings. The largest absolute Gasteiger partial charge is 0.416 e. The molecule has 6 nitrogen and oxygen atoms in total. The lowest BCUT2D eigenvalue weighted by atomic mass is 10.2. The van der Waals surface area contributed by atoms with Gasteiger partial charge in [-0.1, -0.05) is 0 Å². The molecule has 4 rings (SSSR count). The van der Waals surface area contributed by atoms with E-state index in [-0.39, 0.29) is 0 Å². The lowest BCUT2D eigenvalue weighted by Crippen LogP contribution is -2.48. The van der Waals surface area contributed by atoms with Crippen LogP contribution >= 0.6 is 0 Å². The van der Waals surface area contributed by atoms with E-state index in [1.165, 1.54) is 16.8 Å². The zero-order valence-corrected chi connectivity index (χ0v) is 14.7. The third kappa shape index (κ3) is 3.09. The zero-order valence-electron chi connectivity index (χ0n) is 14.7. The number of nitrogens with zero attached hydrogens (tertiary/aromatic N) is 6. The molecule has 0 saturated carbocycles. The first kappa shape index (κ1) is 17.4. The van der Waals surface area contributed by atoms with Crippen molar-refractivity contribution in [3.05, 3.63) is 35.7 Å². The number of tetrazole rings is 1. The lowest BCUT2D eigenvalue weighted by Gasteiger charge is -2.36. The number of piperazine rings is 1. The van der Waals surface area contributed by atoms with Crippen molar-refractivity contribution in [2.45, 2.75) is 51.1 Å². The van der Waals surface area contributed by atoms with E-state index < -0.39 is 11.7 Å². The maximum Gasteiger partial charge on any atom is 0.416 e. The second kappa shape index (κ2) is 6.31. The number of likely N-dealkylation sites (tertiary alicyclic amines) is 2. The highest BCUT2D eigenvalue weighted by molar-refractivity contribution is 5.35. The van der Waals surface area contributed by atoms with E-state index in [0.29, 0.717) is 36.2 Å². The quantitative estimate of drug-likeness (QED) is 0.831. The van der Waals surface area contributed by atoms with E-state index >= 15 is 0 Å². The van der Waals surface area contributed by atoms with Crippen LogP contribution in [0.3, 0.4) is 0 Å². The monoisotopic (exact) mass is 366 g/mol. The Morgan fingerprint density at radius 3 is 2.42 bits per heavy atom. The molecule has 9 heteroatoms. The van der Waals surface area contributed by atoms with Gasteiger partial charge in [0.15, 0.2) is 5.82 Å². The molecule has 2 saturated heterocycles. The van der Waals surface area contributed by atoms with Gasteiger partial charge in [0, 0.05) is 31.2 Å². The van der Waals surface area contributed by atoms with Crippen molar-refractivity contribution < 1.29 is 13.2 Å². The van der Waals surface area contributed by atoms with Gasteiger partial charge < -0.3 is 0 Å². The fourth-order valence-corrected chi connectivity index (χ4v) is 4.08. The van der Waals surface area contributed by atoms with Gasteiger partial charge in [-0.2, -0.15) is 17.9 Å². The average molecular weight is 366 g/mol. The molecular formula is C17H21F3N6. The van der Waals surface area contributed by atoms with Crippen LogP contribution in [0, 0.1) is 0 Å². The van der Waals surface area contributed by atoms with Crippen LogP contribution in [-0.4, -0.2) is 61.2 Å². The Bertz CT molecular complexity index is 770. The molecule has 0 spiro atoms. The Morgan fingerprint density at radius 1 is 1.12 bits per heavy atom. The lowest BCUT2D eigenvalue weighted by molar-refractivity contribution is -0.137. The molecule has 0 radical (unpaired) electrons. The van der Waals surface area contributed by atoms with Gasteiger partial charge in [-0.3, -0.25) is 9.80 Å². The minimum absolute atomic E-state index is 0.486. The number of aromatic nitrogens is 4. The molecule has 2 fully saturated rings. The Hall–Kier alpha value is -2.00. The van der Waals surface area contributed by atoms with Gasteiger partial charge in [-0.15, -0.1) is 5.10 Å². The van der Waals surface area contributed by atoms with Crippen molar-refractivity contribution in [3.8, 4) is 5.69 Å². The van der Waals surface area contributed by atoms with Crippen LogP contribution in [-0.2, 0) is 12.7 Å². The van der Waals surface area contributed by atoms with Gasteiger partial charge in [-0.05, 0) is 55.0 Å². The third-order valence-corrected chi connectivity index (χ3v) is 5.38. The van der Waals surface area contributed by atoms with E-state index in [0.717, 1.165) is 31.6 Å². The molecule has 3 heterocycles. The molecule has 2 atom stereocenters. The summed E-state index contributed by atoms with van der Waals surface area (Å²) in [5.41, 5.74) is -0.146. The summed E-state index contributed by atoms with van der Waals surface area (Å²) >= 11 is 0. The van der Waals surface area contributed by atoms with E-state index in [4.69, 9.17) is 0 Å². The standard InChI is InChI=1S/C17H21F3N6/c1-11(2)25-9-14-7-15(25)8-24(14)10-16-21-22-23-26(16)13-5-3-12(4-6-13)17(18,19)20/h3-6,11,14-15H,7-10H2,1-2H3/t14?,15-/m0/s1. The molecule has 1 aromatic heterocycles. The summed E-state index contributed by atoms with van der Waals surface area (Å²) in [5.74, 6) is 0.647. The van der Waals surface area contributed by atoms with E-state index in [1.807, 2.05) is 0 Å². The molecule has 2 aliphatic heterocycles. The SMILES string of the molecule is CC(C)N1CC2C[C@H]1CN2Cc1nnnn1-c1ccc(C(F)(F)F)cc1. The second-order valence-electron chi connectivity index (χ2n) is 7.31. The van der Waals surface area contributed by atoms with Crippen molar-refractivity contribution in [2.75, 3.05) is 13.1 Å². The fraction of sp³-hybridized carbons (Fsp3) is 0.588. The number of halogens is 3. The number of benzene rings is 1. The molecule has 1 aromatic carbocycles. The van der Waals surface area contributed by atoms with Gasteiger partial charge >= 0.3 is 6.18 Å². The minimum atomic E-state index is -4.35. The number of hydrogen-bond acceptors (Lipinski definition) is 5. The van der Waals surface area contributed by atoms with Crippen molar-refractivity contribution in [2.24, 2.45) is 0 Å². The Balaban J connectivity index is 1.49. The normalized spacial score (nSPS) is 24.1. The number of alkyl halides is 3. The van der Waals surface area contributed by atoms with E-state index in [2.05, 4.69) is 39.2 Å².